The van der Waals surface area contributed by atoms with E-state index in [1.807, 2.05) is 0 Å². The molecule has 1 unspecified atom stereocenters. The topological polar surface area (TPSA) is 0 Å². The molecular formula is C35H40BrP. The van der Waals surface area contributed by atoms with Gasteiger partial charge < -0.3 is 17.0 Å². The zero-order valence-electron chi connectivity index (χ0n) is 23.1. The van der Waals surface area contributed by atoms with E-state index in [2.05, 4.69) is 145 Å². The van der Waals surface area contributed by atoms with Crippen molar-refractivity contribution >= 4 is 23.2 Å². The van der Waals surface area contributed by atoms with Crippen LogP contribution in [0.15, 0.2) is 103 Å². The molecule has 1 aliphatic rings. The van der Waals surface area contributed by atoms with Gasteiger partial charge in [0.1, 0.15) is 28.8 Å². The van der Waals surface area contributed by atoms with Crippen molar-refractivity contribution in [2.24, 2.45) is 0 Å². The van der Waals surface area contributed by atoms with E-state index in [0.717, 1.165) is 0 Å². The van der Waals surface area contributed by atoms with Crippen LogP contribution in [-0.4, -0.2) is 0 Å². The van der Waals surface area contributed by atoms with Crippen LogP contribution in [0.4, 0.5) is 0 Å². The SMILES string of the molecule is Cc1cc2c(cc1C(C)[P+](c1ccccc1)(c1ccccc1)c1ccccc1)C(C)(C)CCC2(C)C.[Br-]. The third-order valence-electron chi connectivity index (χ3n) is 8.76. The van der Waals surface area contributed by atoms with E-state index in [0.29, 0.717) is 5.66 Å². The molecule has 2 heteroatoms. The quantitative estimate of drug-likeness (QED) is 0.282. The summed E-state index contributed by atoms with van der Waals surface area (Å²) in [6, 6.07) is 39.1. The summed E-state index contributed by atoms with van der Waals surface area (Å²) < 4.78 is 0. The Morgan fingerprint density at radius 3 is 1.32 bits per heavy atom. The Morgan fingerprint density at radius 1 is 0.595 bits per heavy atom. The first-order valence-electron chi connectivity index (χ1n) is 13.4. The lowest BCUT2D eigenvalue weighted by Crippen LogP contribution is -3.00. The van der Waals surface area contributed by atoms with Gasteiger partial charge in [-0.1, -0.05) is 94.4 Å². The highest BCUT2D eigenvalue weighted by molar-refractivity contribution is 7.95. The average molecular weight is 572 g/mol. The molecular weight excluding hydrogens is 531 g/mol. The maximum absolute atomic E-state index is 2.61. The first-order valence-corrected chi connectivity index (χ1v) is 15.2. The second-order valence-corrected chi connectivity index (χ2v) is 15.7. The number of benzene rings is 4. The molecule has 37 heavy (non-hydrogen) atoms. The summed E-state index contributed by atoms with van der Waals surface area (Å²) >= 11 is 0. The number of fused-ring (bicyclic) bond motifs is 1. The Bertz CT molecular complexity index is 1240. The minimum atomic E-state index is -2.00. The van der Waals surface area contributed by atoms with E-state index >= 15 is 0 Å². The van der Waals surface area contributed by atoms with Crippen molar-refractivity contribution in [1.29, 1.82) is 0 Å². The third kappa shape index (κ3) is 4.75. The van der Waals surface area contributed by atoms with Gasteiger partial charge in [-0.3, -0.25) is 0 Å². The van der Waals surface area contributed by atoms with Crippen molar-refractivity contribution < 1.29 is 17.0 Å². The summed E-state index contributed by atoms with van der Waals surface area (Å²) in [5.41, 5.74) is 6.80. The van der Waals surface area contributed by atoms with Crippen LogP contribution in [0.3, 0.4) is 0 Å². The van der Waals surface area contributed by atoms with E-state index in [4.69, 9.17) is 0 Å². The van der Waals surface area contributed by atoms with Gasteiger partial charge in [0, 0.05) is 0 Å². The highest BCUT2D eigenvalue weighted by Gasteiger charge is 2.51. The van der Waals surface area contributed by atoms with Gasteiger partial charge in [0.15, 0.2) is 0 Å². The average Bonchev–Trinajstić information content (AvgIpc) is 2.89. The largest absolute Gasteiger partial charge is 1.00 e. The summed E-state index contributed by atoms with van der Waals surface area (Å²) in [5.74, 6) is 0. The summed E-state index contributed by atoms with van der Waals surface area (Å²) in [6.45, 7) is 14.6. The lowest BCUT2D eigenvalue weighted by Gasteiger charge is -2.43. The Morgan fingerprint density at radius 2 is 0.946 bits per heavy atom. The smallest absolute Gasteiger partial charge is 0.119 e. The summed E-state index contributed by atoms with van der Waals surface area (Å²) in [4.78, 5) is 0. The Labute approximate surface area is 235 Å². The van der Waals surface area contributed by atoms with Crippen LogP contribution in [0.25, 0.3) is 0 Å². The predicted molar refractivity (Wildman–Crippen MR) is 160 cm³/mol. The van der Waals surface area contributed by atoms with Crippen LogP contribution in [0.1, 0.15) is 75.4 Å². The van der Waals surface area contributed by atoms with Gasteiger partial charge in [0.25, 0.3) is 0 Å². The molecule has 0 saturated carbocycles. The zero-order valence-corrected chi connectivity index (χ0v) is 25.6. The number of aryl methyl sites for hydroxylation is 1. The normalized spacial score (nSPS) is 16.8. The molecule has 0 nitrogen and oxygen atoms in total. The monoisotopic (exact) mass is 570 g/mol. The molecule has 1 aliphatic carbocycles. The number of rotatable bonds is 5. The highest BCUT2D eigenvalue weighted by Crippen LogP contribution is 2.67. The Kier molecular flexibility index (Phi) is 7.90. The summed E-state index contributed by atoms with van der Waals surface area (Å²) in [6.07, 6.45) is 2.48. The number of hydrogen-bond donors (Lipinski definition) is 0. The van der Waals surface area contributed by atoms with Crippen LogP contribution >= 0.6 is 7.26 Å². The van der Waals surface area contributed by atoms with E-state index < -0.39 is 7.26 Å². The molecule has 4 aromatic carbocycles. The zero-order chi connectivity index (χ0) is 25.6. The van der Waals surface area contributed by atoms with Crippen molar-refractivity contribution in [3.05, 3.63) is 125 Å². The summed E-state index contributed by atoms with van der Waals surface area (Å²) in [7, 11) is -2.00. The lowest BCUT2D eigenvalue weighted by atomic mass is 9.62. The lowest BCUT2D eigenvalue weighted by molar-refractivity contribution is -0.00000775. The van der Waals surface area contributed by atoms with E-state index in [9.17, 15) is 0 Å². The van der Waals surface area contributed by atoms with Crippen molar-refractivity contribution in [3.8, 4) is 0 Å². The van der Waals surface area contributed by atoms with Crippen LogP contribution in [0.5, 0.6) is 0 Å². The van der Waals surface area contributed by atoms with Crippen molar-refractivity contribution in [2.45, 2.75) is 70.9 Å². The van der Waals surface area contributed by atoms with Gasteiger partial charge in [-0.25, -0.2) is 0 Å². The number of hydrogen-bond acceptors (Lipinski definition) is 0. The number of halogens is 1. The summed E-state index contributed by atoms with van der Waals surface area (Å²) in [5, 5.41) is 4.35. The standard InChI is InChI=1S/C35H40P.BrH/c1-26-24-32-33(35(5,6)23-22-34(32,3)4)25-31(26)27(2)36(28-16-10-7-11-17-28,29-18-12-8-13-19-29)30-20-14-9-15-21-30;/h7-21,24-25,27H,22-23H2,1-6H3;1H/q+1;/p-1. The molecule has 1 atom stereocenters. The van der Waals surface area contributed by atoms with Gasteiger partial charge in [-0.05, 0) is 96.2 Å². The molecule has 4 aromatic rings. The molecule has 0 bridgehead atoms. The fraction of sp³-hybridized carbons (Fsp3) is 0.314. The molecule has 0 amide bonds. The molecule has 0 aromatic heterocycles. The highest BCUT2D eigenvalue weighted by atomic mass is 79.9. The van der Waals surface area contributed by atoms with Gasteiger partial charge in [-0.2, -0.15) is 0 Å². The van der Waals surface area contributed by atoms with Crippen LogP contribution in [-0.2, 0) is 10.8 Å². The van der Waals surface area contributed by atoms with Crippen LogP contribution in [0, 0.1) is 6.92 Å². The van der Waals surface area contributed by atoms with Crippen molar-refractivity contribution in [2.75, 3.05) is 0 Å². The minimum Gasteiger partial charge on any atom is -1.00 e. The first-order chi connectivity index (χ1) is 17.2. The molecule has 0 radical (unpaired) electrons. The maximum atomic E-state index is 2.61. The molecule has 0 heterocycles. The molecule has 192 valence electrons. The van der Waals surface area contributed by atoms with Crippen molar-refractivity contribution in [1.82, 2.24) is 0 Å². The second-order valence-electron chi connectivity index (χ2n) is 11.9. The fourth-order valence-electron chi connectivity index (χ4n) is 6.51. The van der Waals surface area contributed by atoms with Crippen LogP contribution < -0.4 is 32.9 Å². The Balaban J connectivity index is 0.00000320. The maximum Gasteiger partial charge on any atom is 0.119 e. The van der Waals surface area contributed by atoms with Gasteiger partial charge in [-0.15, -0.1) is 0 Å². The molecule has 0 spiro atoms. The van der Waals surface area contributed by atoms with Crippen molar-refractivity contribution in [3.63, 3.8) is 0 Å². The molecule has 5 rings (SSSR count). The van der Waals surface area contributed by atoms with E-state index in [1.54, 1.807) is 11.1 Å². The molecule has 0 aliphatic heterocycles. The second kappa shape index (κ2) is 10.5. The Hall–Kier alpha value is -2.21. The fourth-order valence-corrected chi connectivity index (χ4v) is 11.4. The van der Waals surface area contributed by atoms with Gasteiger partial charge >= 0.3 is 0 Å². The van der Waals surface area contributed by atoms with E-state index in [1.165, 1.54) is 39.9 Å². The van der Waals surface area contributed by atoms with Gasteiger partial charge in [0.05, 0.1) is 0 Å². The minimum absolute atomic E-state index is 0. The van der Waals surface area contributed by atoms with E-state index in [-0.39, 0.29) is 27.8 Å². The molecule has 0 N–H and O–H groups in total. The van der Waals surface area contributed by atoms with Crippen LogP contribution in [0.2, 0.25) is 0 Å². The molecule has 0 fully saturated rings. The first kappa shape index (κ1) is 27.8. The van der Waals surface area contributed by atoms with Gasteiger partial charge in [0.2, 0.25) is 0 Å². The predicted octanol–water partition coefficient (Wildman–Crippen LogP) is 5.40. The molecule has 0 saturated heterocycles. The third-order valence-corrected chi connectivity index (χ3v) is 13.5.